The molecule has 2 nitrogen and oxygen atoms in total. The normalized spacial score (nSPS) is 10.5. The topological polar surface area (TPSA) is 43.1 Å². The van der Waals surface area contributed by atoms with Gasteiger partial charge in [0.05, 0.1) is 0 Å². The van der Waals surface area contributed by atoms with Gasteiger partial charge in [-0.2, -0.15) is 0 Å². The number of primary amides is 1. The number of amides is 1. The molecule has 0 bridgehead atoms. The number of hydrogen-bond acceptors (Lipinski definition) is 1. The first kappa shape index (κ1) is 14.9. The number of nitrogens with two attached hydrogens (primary N) is 1. The van der Waals surface area contributed by atoms with E-state index in [0.29, 0.717) is 5.56 Å². The van der Waals surface area contributed by atoms with Crippen LogP contribution < -0.4 is 5.73 Å². The zero-order chi connectivity index (χ0) is 16.4. The highest BCUT2D eigenvalue weighted by Crippen LogP contribution is 2.28. The average molecular weight is 309 g/mol. The summed E-state index contributed by atoms with van der Waals surface area (Å²) in [6.45, 7) is 0. The molecule has 3 aromatic carbocycles. The molecule has 1 amide bonds. The highest BCUT2D eigenvalue weighted by atomic mass is 19.1. The van der Waals surface area contributed by atoms with Crippen molar-refractivity contribution < 1.29 is 13.6 Å². The lowest BCUT2D eigenvalue weighted by molar-refractivity contribution is 0.100. The smallest absolute Gasteiger partial charge is 0.248 e. The lowest BCUT2D eigenvalue weighted by Crippen LogP contribution is -2.11. The van der Waals surface area contributed by atoms with E-state index in [9.17, 15) is 13.6 Å². The van der Waals surface area contributed by atoms with E-state index in [2.05, 4.69) is 0 Å². The van der Waals surface area contributed by atoms with Gasteiger partial charge >= 0.3 is 0 Å². The van der Waals surface area contributed by atoms with E-state index >= 15 is 0 Å². The molecule has 23 heavy (non-hydrogen) atoms. The van der Waals surface area contributed by atoms with Crippen LogP contribution in [0.1, 0.15) is 10.4 Å². The molecule has 0 aliphatic carbocycles. The second-order valence-electron chi connectivity index (χ2n) is 5.18. The van der Waals surface area contributed by atoms with Gasteiger partial charge in [-0.25, -0.2) is 8.78 Å². The SMILES string of the molecule is NC(=O)c1cc(-c2ccc(F)cc2)cc(-c2ccc(F)cc2)c1. The maximum Gasteiger partial charge on any atom is 0.248 e. The second kappa shape index (κ2) is 6.01. The maximum absolute atomic E-state index is 13.1. The molecule has 4 heteroatoms. The fourth-order valence-corrected chi connectivity index (χ4v) is 2.39. The Morgan fingerprint density at radius 1 is 0.652 bits per heavy atom. The first-order valence-corrected chi connectivity index (χ1v) is 7.00. The van der Waals surface area contributed by atoms with Crippen LogP contribution in [0.25, 0.3) is 22.3 Å². The Balaban J connectivity index is 2.15. The summed E-state index contributed by atoms with van der Waals surface area (Å²) in [6, 6.07) is 17.1. The summed E-state index contributed by atoms with van der Waals surface area (Å²) < 4.78 is 26.2. The van der Waals surface area contributed by atoms with Gasteiger partial charge in [0.2, 0.25) is 5.91 Å². The van der Waals surface area contributed by atoms with Gasteiger partial charge in [-0.1, -0.05) is 24.3 Å². The highest BCUT2D eigenvalue weighted by Gasteiger charge is 2.09. The highest BCUT2D eigenvalue weighted by molar-refractivity contribution is 5.96. The molecule has 0 radical (unpaired) electrons. The predicted molar refractivity (Wildman–Crippen MR) is 85.7 cm³/mol. The minimum Gasteiger partial charge on any atom is -0.366 e. The Hall–Kier alpha value is -3.01. The van der Waals surface area contributed by atoms with Crippen molar-refractivity contribution in [3.8, 4) is 22.3 Å². The van der Waals surface area contributed by atoms with E-state index in [1.807, 2.05) is 6.07 Å². The predicted octanol–water partition coefficient (Wildman–Crippen LogP) is 4.40. The van der Waals surface area contributed by atoms with Crippen LogP contribution in [-0.2, 0) is 0 Å². The fourth-order valence-electron chi connectivity index (χ4n) is 2.39. The van der Waals surface area contributed by atoms with Gasteiger partial charge in [0.1, 0.15) is 11.6 Å². The summed E-state index contributed by atoms with van der Waals surface area (Å²) in [7, 11) is 0. The first-order chi connectivity index (χ1) is 11.0. The van der Waals surface area contributed by atoms with Crippen molar-refractivity contribution >= 4 is 5.91 Å². The van der Waals surface area contributed by atoms with Crippen LogP contribution in [0.5, 0.6) is 0 Å². The van der Waals surface area contributed by atoms with Crippen LogP contribution in [0.3, 0.4) is 0 Å². The standard InChI is InChI=1S/C19H13F2NO/c20-17-5-1-12(2-6-17)14-9-15(11-16(10-14)19(22)23)13-3-7-18(21)8-4-13/h1-11H,(H2,22,23). The summed E-state index contributed by atoms with van der Waals surface area (Å²) in [5.41, 5.74) is 8.73. The largest absolute Gasteiger partial charge is 0.366 e. The Morgan fingerprint density at radius 3 is 1.39 bits per heavy atom. The summed E-state index contributed by atoms with van der Waals surface area (Å²) in [4.78, 5) is 11.6. The Bertz CT molecular complexity index is 792. The lowest BCUT2D eigenvalue weighted by atomic mass is 9.96. The number of hydrogen-bond donors (Lipinski definition) is 1. The summed E-state index contributed by atoms with van der Waals surface area (Å²) in [5, 5.41) is 0. The van der Waals surface area contributed by atoms with Crippen LogP contribution in [0.15, 0.2) is 66.7 Å². The van der Waals surface area contributed by atoms with Gasteiger partial charge in [0, 0.05) is 5.56 Å². The van der Waals surface area contributed by atoms with Crippen molar-refractivity contribution in [2.24, 2.45) is 5.73 Å². The Kier molecular flexibility index (Phi) is 3.89. The molecule has 0 saturated heterocycles. The van der Waals surface area contributed by atoms with E-state index in [-0.39, 0.29) is 11.6 Å². The molecule has 0 heterocycles. The summed E-state index contributed by atoms with van der Waals surface area (Å²) in [6.07, 6.45) is 0. The second-order valence-corrected chi connectivity index (χ2v) is 5.18. The molecule has 0 saturated carbocycles. The van der Waals surface area contributed by atoms with Crippen LogP contribution >= 0.6 is 0 Å². The first-order valence-electron chi connectivity index (χ1n) is 7.00. The quantitative estimate of drug-likeness (QED) is 0.765. The monoisotopic (exact) mass is 309 g/mol. The molecule has 0 unspecified atom stereocenters. The fraction of sp³-hybridized carbons (Fsp3) is 0. The molecule has 114 valence electrons. The Labute approximate surface area is 132 Å². The van der Waals surface area contributed by atoms with Crippen molar-refractivity contribution in [1.29, 1.82) is 0 Å². The molecule has 3 aromatic rings. The van der Waals surface area contributed by atoms with Crippen molar-refractivity contribution in [3.05, 3.63) is 83.9 Å². The van der Waals surface area contributed by atoms with E-state index < -0.39 is 5.91 Å². The molecule has 0 aliphatic heterocycles. The average Bonchev–Trinajstić information content (AvgIpc) is 2.55. The zero-order valence-electron chi connectivity index (χ0n) is 12.1. The lowest BCUT2D eigenvalue weighted by Gasteiger charge is -2.09. The van der Waals surface area contributed by atoms with Crippen molar-refractivity contribution in [2.45, 2.75) is 0 Å². The van der Waals surface area contributed by atoms with Gasteiger partial charge in [-0.3, -0.25) is 4.79 Å². The molecule has 0 aromatic heterocycles. The number of benzene rings is 3. The van der Waals surface area contributed by atoms with Crippen LogP contribution in [0.4, 0.5) is 8.78 Å². The van der Waals surface area contributed by atoms with E-state index in [1.165, 1.54) is 24.3 Å². The van der Waals surface area contributed by atoms with Gasteiger partial charge in [0.15, 0.2) is 0 Å². The van der Waals surface area contributed by atoms with E-state index in [4.69, 9.17) is 5.73 Å². The summed E-state index contributed by atoms with van der Waals surface area (Å²) >= 11 is 0. The number of carbonyl (C=O) groups is 1. The third-order valence-corrected chi connectivity index (χ3v) is 3.57. The Morgan fingerprint density at radius 2 is 1.04 bits per heavy atom. The minimum atomic E-state index is -0.558. The minimum absolute atomic E-state index is 0.335. The van der Waals surface area contributed by atoms with Crippen molar-refractivity contribution in [3.63, 3.8) is 0 Å². The van der Waals surface area contributed by atoms with Crippen LogP contribution in [0, 0.1) is 11.6 Å². The number of carbonyl (C=O) groups excluding carboxylic acids is 1. The van der Waals surface area contributed by atoms with Crippen molar-refractivity contribution in [2.75, 3.05) is 0 Å². The van der Waals surface area contributed by atoms with Gasteiger partial charge < -0.3 is 5.73 Å². The van der Waals surface area contributed by atoms with Gasteiger partial charge in [-0.05, 0) is 64.7 Å². The molecular formula is C19H13F2NO. The molecule has 0 atom stereocenters. The molecule has 0 aliphatic rings. The molecule has 0 fully saturated rings. The third kappa shape index (κ3) is 3.26. The summed E-state index contributed by atoms with van der Waals surface area (Å²) in [5.74, 6) is -1.23. The van der Waals surface area contributed by atoms with Crippen LogP contribution in [0.2, 0.25) is 0 Å². The molecule has 3 rings (SSSR count). The van der Waals surface area contributed by atoms with E-state index in [0.717, 1.165) is 22.3 Å². The van der Waals surface area contributed by atoms with Crippen LogP contribution in [-0.4, -0.2) is 5.91 Å². The number of rotatable bonds is 3. The zero-order valence-corrected chi connectivity index (χ0v) is 12.1. The molecular weight excluding hydrogens is 296 g/mol. The van der Waals surface area contributed by atoms with Gasteiger partial charge in [-0.15, -0.1) is 0 Å². The van der Waals surface area contributed by atoms with E-state index in [1.54, 1.807) is 36.4 Å². The number of halogens is 2. The van der Waals surface area contributed by atoms with Crippen molar-refractivity contribution in [1.82, 2.24) is 0 Å². The molecule has 0 spiro atoms. The maximum atomic E-state index is 13.1. The molecule has 2 N–H and O–H groups in total. The third-order valence-electron chi connectivity index (χ3n) is 3.57. The van der Waals surface area contributed by atoms with Gasteiger partial charge in [0.25, 0.3) is 0 Å².